The van der Waals surface area contributed by atoms with Crippen molar-refractivity contribution in [3.05, 3.63) is 72.4 Å². The molecule has 0 unspecified atom stereocenters. The van der Waals surface area contributed by atoms with Gasteiger partial charge in [0.25, 0.3) is 0 Å². The Labute approximate surface area is 363 Å². The number of benzene rings is 3. The average molecular weight is 844 g/mol. The van der Waals surface area contributed by atoms with Crippen molar-refractivity contribution in [1.29, 1.82) is 0 Å². The minimum atomic E-state index is -0.729. The number of fused-ring (bicyclic) bond motifs is 3. The van der Waals surface area contributed by atoms with Gasteiger partial charge >= 0.3 is 6.09 Å². The minimum absolute atomic E-state index is 0.0329. The third-order valence-corrected chi connectivity index (χ3v) is 14.4. The summed E-state index contributed by atoms with van der Waals surface area (Å²) in [6, 6.07) is 18.1. The van der Waals surface area contributed by atoms with Gasteiger partial charge in [-0.25, -0.2) is 14.8 Å². The van der Waals surface area contributed by atoms with Gasteiger partial charge in [-0.2, -0.15) is 0 Å². The molecule has 2 aromatic heterocycles. The SMILES string of the molecule is COC(=O)N[C@H](C(=O)N1C[C@]2(CCCOC2)C[C@H]1c1ncc(-c2ccc(-c3ccc4c(ccc5[nH]c([C@@H]6C[C@@]7(CCCOC7)CN6C(=O)[C@@H](C)C(C)C)nc54)c3)cc2)[nH]1)C(C)C. The fraction of sp³-hybridized carbons (Fsp3) is 0.531. The normalized spacial score (nSPS) is 25.1. The maximum absolute atomic E-state index is 14.2. The summed E-state index contributed by atoms with van der Waals surface area (Å²) in [5.74, 6) is 1.68. The van der Waals surface area contributed by atoms with Gasteiger partial charge in [0.2, 0.25) is 11.8 Å². The Balaban J connectivity index is 0.952. The van der Waals surface area contributed by atoms with Gasteiger partial charge < -0.3 is 39.3 Å². The van der Waals surface area contributed by atoms with Crippen LogP contribution in [0.5, 0.6) is 0 Å². The Bertz CT molecular complexity index is 2440. The van der Waals surface area contributed by atoms with Gasteiger partial charge in [-0.05, 0) is 84.6 Å². The number of hydrogen-bond acceptors (Lipinski definition) is 8. The Kier molecular flexibility index (Phi) is 11.4. The number of likely N-dealkylation sites (tertiary alicyclic amines) is 2. The van der Waals surface area contributed by atoms with E-state index in [0.717, 1.165) is 108 Å². The summed E-state index contributed by atoms with van der Waals surface area (Å²) in [6.07, 6.45) is 6.80. The number of aromatic nitrogens is 4. The van der Waals surface area contributed by atoms with Crippen LogP contribution in [-0.2, 0) is 23.8 Å². The number of hydrogen-bond donors (Lipinski definition) is 3. The van der Waals surface area contributed by atoms with Gasteiger partial charge in [0, 0.05) is 48.4 Å². The molecule has 9 rings (SSSR count). The molecule has 4 saturated heterocycles. The first-order valence-electron chi connectivity index (χ1n) is 22.6. The summed E-state index contributed by atoms with van der Waals surface area (Å²) in [5.41, 5.74) is 5.73. The largest absolute Gasteiger partial charge is 0.453 e. The standard InChI is InChI=1S/C49H61N7O6/c1-29(2)31(5)45(57)55-25-49(18-8-20-62-28-49)23-40(55)44-51-37-16-14-35-21-34(13-15-36(35)42(37)53-44)32-9-11-33(12-10-32)38-24-50-43(52-38)39-22-48(17-7-19-61-27-48)26-56(39)46(58)41(30(3)4)54-47(59)60-6/h9-16,21,24,29-31,39-41H,7-8,17-20,22-23,25-28H2,1-6H3,(H,50,52)(H,51,53)(H,54,59)/t31-,39-,40-,41-,48-,49-/m0/s1. The van der Waals surface area contributed by atoms with E-state index >= 15 is 0 Å². The molecule has 328 valence electrons. The number of aromatic amines is 2. The van der Waals surface area contributed by atoms with Crippen molar-refractivity contribution in [2.75, 3.05) is 46.6 Å². The van der Waals surface area contributed by atoms with E-state index in [4.69, 9.17) is 24.2 Å². The number of alkyl carbamates (subject to hydrolysis) is 1. The smallest absolute Gasteiger partial charge is 0.407 e. The molecule has 2 spiro atoms. The van der Waals surface area contributed by atoms with Gasteiger partial charge in [-0.15, -0.1) is 0 Å². The number of ether oxygens (including phenoxy) is 3. The molecule has 6 atom stereocenters. The molecule has 62 heavy (non-hydrogen) atoms. The molecule has 0 saturated carbocycles. The van der Waals surface area contributed by atoms with Crippen molar-refractivity contribution in [2.24, 2.45) is 28.6 Å². The van der Waals surface area contributed by atoms with Crippen LogP contribution < -0.4 is 5.32 Å². The summed E-state index contributed by atoms with van der Waals surface area (Å²) in [6.45, 7) is 14.2. The van der Waals surface area contributed by atoms with Gasteiger partial charge in [-0.3, -0.25) is 9.59 Å². The van der Waals surface area contributed by atoms with Crippen LogP contribution in [0.15, 0.2) is 60.8 Å². The van der Waals surface area contributed by atoms with E-state index in [-0.39, 0.29) is 52.5 Å². The molecule has 3 amide bonds. The second-order valence-electron chi connectivity index (χ2n) is 19.4. The van der Waals surface area contributed by atoms with E-state index in [9.17, 15) is 14.4 Å². The first-order chi connectivity index (χ1) is 29.9. The molecule has 4 aliphatic heterocycles. The van der Waals surface area contributed by atoms with E-state index < -0.39 is 12.1 Å². The molecule has 4 aliphatic rings. The van der Waals surface area contributed by atoms with Gasteiger partial charge in [0.15, 0.2) is 0 Å². The number of imidazole rings is 2. The summed E-state index contributed by atoms with van der Waals surface area (Å²) >= 11 is 0. The first-order valence-corrected chi connectivity index (χ1v) is 22.6. The molecule has 13 nitrogen and oxygen atoms in total. The second-order valence-corrected chi connectivity index (χ2v) is 19.4. The molecular formula is C49H61N7O6. The fourth-order valence-electron chi connectivity index (χ4n) is 10.5. The van der Waals surface area contributed by atoms with Crippen LogP contribution in [0, 0.1) is 28.6 Å². The van der Waals surface area contributed by atoms with Crippen molar-refractivity contribution < 1.29 is 28.6 Å². The zero-order chi connectivity index (χ0) is 43.3. The van der Waals surface area contributed by atoms with Crippen molar-refractivity contribution in [3.63, 3.8) is 0 Å². The Hall–Kier alpha value is -5.27. The van der Waals surface area contributed by atoms with Gasteiger partial charge in [0.1, 0.15) is 17.7 Å². The molecule has 6 heterocycles. The second kappa shape index (κ2) is 16.8. The molecule has 13 heteroatoms. The zero-order valence-corrected chi connectivity index (χ0v) is 37.0. The zero-order valence-electron chi connectivity index (χ0n) is 37.0. The maximum Gasteiger partial charge on any atom is 0.407 e. The minimum Gasteiger partial charge on any atom is -0.453 e. The number of carbonyl (C=O) groups excluding carboxylic acids is 3. The number of H-pyrrole nitrogens is 2. The lowest BCUT2D eigenvalue weighted by molar-refractivity contribution is -0.138. The van der Waals surface area contributed by atoms with Crippen LogP contribution in [0.25, 0.3) is 44.2 Å². The first kappa shape index (κ1) is 42.1. The lowest BCUT2D eigenvalue weighted by atomic mass is 9.80. The lowest BCUT2D eigenvalue weighted by Crippen LogP contribution is -2.51. The predicted molar refractivity (Wildman–Crippen MR) is 238 cm³/mol. The van der Waals surface area contributed by atoms with Crippen molar-refractivity contribution in [2.45, 2.75) is 91.3 Å². The Morgan fingerprint density at radius 3 is 2.02 bits per heavy atom. The molecule has 3 N–H and O–H groups in total. The topological polar surface area (TPSA) is 155 Å². The van der Waals surface area contributed by atoms with Crippen LogP contribution in [0.1, 0.15) is 96.9 Å². The molecule has 0 aliphatic carbocycles. The van der Waals surface area contributed by atoms with E-state index in [1.54, 1.807) is 0 Å². The summed E-state index contributed by atoms with van der Waals surface area (Å²) < 4.78 is 16.8. The number of nitrogens with zero attached hydrogens (tertiary/aromatic N) is 4. The third-order valence-electron chi connectivity index (χ3n) is 14.4. The van der Waals surface area contributed by atoms with Crippen LogP contribution >= 0.6 is 0 Å². The van der Waals surface area contributed by atoms with Gasteiger partial charge in [0.05, 0.1) is 55.3 Å². The van der Waals surface area contributed by atoms with E-state index in [1.165, 1.54) is 7.11 Å². The van der Waals surface area contributed by atoms with Crippen LogP contribution in [0.4, 0.5) is 4.79 Å². The molecule has 5 aromatic rings. The molecule has 3 aromatic carbocycles. The average Bonchev–Trinajstić information content (AvgIpc) is 4.10. The van der Waals surface area contributed by atoms with E-state index in [2.05, 4.69) is 88.6 Å². The summed E-state index contributed by atoms with van der Waals surface area (Å²) in [7, 11) is 1.31. The molecule has 0 radical (unpaired) electrons. The number of amides is 3. The molecule has 0 bridgehead atoms. The maximum atomic E-state index is 14.2. The fourth-order valence-corrected chi connectivity index (χ4v) is 10.5. The number of nitrogens with one attached hydrogen (secondary N) is 3. The van der Waals surface area contributed by atoms with Crippen LogP contribution in [0.3, 0.4) is 0 Å². The van der Waals surface area contributed by atoms with Crippen molar-refractivity contribution in [3.8, 4) is 22.4 Å². The number of rotatable bonds is 9. The van der Waals surface area contributed by atoms with E-state index in [0.29, 0.717) is 26.3 Å². The quantitative estimate of drug-likeness (QED) is 0.133. The number of methoxy groups -OCH3 is 1. The predicted octanol–water partition coefficient (Wildman–Crippen LogP) is 8.59. The van der Waals surface area contributed by atoms with Gasteiger partial charge in [-0.1, -0.05) is 77.1 Å². The molecule has 4 fully saturated rings. The monoisotopic (exact) mass is 843 g/mol. The van der Waals surface area contributed by atoms with E-state index in [1.807, 2.05) is 31.9 Å². The summed E-state index contributed by atoms with van der Waals surface area (Å²) in [4.78, 5) is 61.6. The highest BCUT2D eigenvalue weighted by Gasteiger charge is 2.51. The van der Waals surface area contributed by atoms with Crippen molar-refractivity contribution in [1.82, 2.24) is 35.1 Å². The van der Waals surface area contributed by atoms with Crippen LogP contribution in [0.2, 0.25) is 0 Å². The third kappa shape index (κ3) is 7.87. The Morgan fingerprint density at radius 1 is 0.774 bits per heavy atom. The highest BCUT2D eigenvalue weighted by molar-refractivity contribution is 6.05. The van der Waals surface area contributed by atoms with Crippen molar-refractivity contribution >= 4 is 39.7 Å². The Morgan fingerprint density at radius 2 is 1.40 bits per heavy atom. The van der Waals surface area contributed by atoms with Crippen LogP contribution in [-0.4, -0.2) is 100 Å². The summed E-state index contributed by atoms with van der Waals surface area (Å²) in [5, 5.41) is 4.94. The molecular weight excluding hydrogens is 783 g/mol. The lowest BCUT2D eigenvalue weighted by Gasteiger charge is -2.33. The highest BCUT2D eigenvalue weighted by Crippen LogP contribution is 2.49. The highest BCUT2D eigenvalue weighted by atomic mass is 16.5. The number of carbonyl (C=O) groups is 3.